The Morgan fingerprint density at radius 3 is 2.80 bits per heavy atom. The van der Waals surface area contributed by atoms with Crippen LogP contribution < -0.4 is 10.4 Å². The molecule has 0 aliphatic carbocycles. The number of nitrogens with one attached hydrogen (secondary N) is 1. The third-order valence-corrected chi connectivity index (χ3v) is 4.10. The number of thiazole rings is 1. The van der Waals surface area contributed by atoms with Crippen LogP contribution in [0.1, 0.15) is 6.42 Å². The van der Waals surface area contributed by atoms with Gasteiger partial charge in [0.1, 0.15) is 5.25 Å². The molecule has 1 atom stereocenters. The molecule has 1 aliphatic heterocycles. The van der Waals surface area contributed by atoms with Gasteiger partial charge in [0.25, 0.3) is 5.24 Å². The van der Waals surface area contributed by atoms with Gasteiger partial charge >= 0.3 is 0 Å². The van der Waals surface area contributed by atoms with Crippen LogP contribution in [0.15, 0.2) is 11.6 Å². The number of carbonyl (C=O) groups is 4. The van der Waals surface area contributed by atoms with Crippen molar-refractivity contribution in [1.82, 2.24) is 9.88 Å². The first kappa shape index (κ1) is 14.5. The zero-order valence-corrected chi connectivity index (χ0v) is 11.5. The van der Waals surface area contributed by atoms with E-state index in [0.29, 0.717) is 21.8 Å². The summed E-state index contributed by atoms with van der Waals surface area (Å²) in [5.74, 6) is -2.69. The van der Waals surface area contributed by atoms with E-state index in [1.807, 2.05) is 0 Å². The summed E-state index contributed by atoms with van der Waals surface area (Å²) in [6.07, 6.45) is 1.29. The van der Waals surface area contributed by atoms with Crippen molar-refractivity contribution in [3.63, 3.8) is 0 Å². The van der Waals surface area contributed by atoms with Crippen LogP contribution in [0, 0.1) is 0 Å². The summed E-state index contributed by atoms with van der Waals surface area (Å²) in [6.45, 7) is -0.796. The fourth-order valence-electron chi connectivity index (χ4n) is 1.52. The molecule has 1 fully saturated rings. The quantitative estimate of drug-likeness (QED) is 0.762. The van der Waals surface area contributed by atoms with Gasteiger partial charge in [0.05, 0.1) is 12.5 Å². The van der Waals surface area contributed by atoms with Crippen molar-refractivity contribution < 1.29 is 24.3 Å². The SMILES string of the molecule is O=C([O-])CN1C(=O)S[C@H](CC(=O)Nc2nccs2)C1=O. The van der Waals surface area contributed by atoms with Crippen LogP contribution >= 0.6 is 23.1 Å². The molecular weight excluding hydrogens is 306 g/mol. The predicted octanol–water partition coefficient (Wildman–Crippen LogP) is -0.714. The van der Waals surface area contributed by atoms with Gasteiger partial charge in [-0.05, 0) is 0 Å². The van der Waals surface area contributed by atoms with E-state index in [0.717, 1.165) is 0 Å². The molecule has 0 unspecified atom stereocenters. The van der Waals surface area contributed by atoms with Gasteiger partial charge in [-0.1, -0.05) is 11.8 Å². The highest BCUT2D eigenvalue weighted by atomic mass is 32.2. The topological polar surface area (TPSA) is 120 Å². The molecule has 0 bridgehead atoms. The van der Waals surface area contributed by atoms with E-state index in [4.69, 9.17) is 0 Å². The first-order chi connectivity index (χ1) is 9.47. The fraction of sp³-hybridized carbons (Fsp3) is 0.300. The van der Waals surface area contributed by atoms with E-state index in [-0.39, 0.29) is 6.42 Å². The first-order valence-electron chi connectivity index (χ1n) is 5.38. The molecule has 1 N–H and O–H groups in total. The minimum Gasteiger partial charge on any atom is -0.548 e. The fourth-order valence-corrected chi connectivity index (χ4v) is 3.06. The molecule has 1 aromatic rings. The van der Waals surface area contributed by atoms with E-state index in [2.05, 4.69) is 10.3 Å². The van der Waals surface area contributed by atoms with E-state index in [9.17, 15) is 24.3 Å². The minimum atomic E-state index is -1.53. The molecule has 2 heterocycles. The molecule has 8 nitrogen and oxygen atoms in total. The van der Waals surface area contributed by atoms with Gasteiger partial charge in [-0.15, -0.1) is 11.3 Å². The predicted molar refractivity (Wildman–Crippen MR) is 68.9 cm³/mol. The highest BCUT2D eigenvalue weighted by molar-refractivity contribution is 8.15. The minimum absolute atomic E-state index is 0.224. The molecule has 2 rings (SSSR count). The maximum absolute atomic E-state index is 11.8. The number of amides is 3. The lowest BCUT2D eigenvalue weighted by Gasteiger charge is -2.13. The second-order valence-corrected chi connectivity index (χ2v) is 5.81. The Bertz CT molecular complexity index is 559. The lowest BCUT2D eigenvalue weighted by atomic mass is 10.2. The maximum Gasteiger partial charge on any atom is 0.289 e. The van der Waals surface area contributed by atoms with E-state index >= 15 is 0 Å². The Balaban J connectivity index is 1.93. The summed E-state index contributed by atoms with van der Waals surface area (Å²) >= 11 is 1.85. The number of thioether (sulfide) groups is 1. The van der Waals surface area contributed by atoms with Crippen molar-refractivity contribution in [2.75, 3.05) is 11.9 Å². The zero-order chi connectivity index (χ0) is 14.7. The van der Waals surface area contributed by atoms with Gasteiger partial charge < -0.3 is 15.2 Å². The number of carboxylic acid groups (broad SMARTS) is 1. The summed E-state index contributed by atoms with van der Waals surface area (Å²) in [5.41, 5.74) is 0. The molecule has 0 spiro atoms. The number of carboxylic acids is 1. The number of hydrogen-bond acceptors (Lipinski definition) is 8. The normalized spacial score (nSPS) is 18.4. The highest BCUT2D eigenvalue weighted by Crippen LogP contribution is 2.29. The Labute approximate surface area is 121 Å². The number of imide groups is 1. The monoisotopic (exact) mass is 314 g/mol. The van der Waals surface area contributed by atoms with Crippen molar-refractivity contribution in [1.29, 1.82) is 0 Å². The molecule has 3 amide bonds. The van der Waals surface area contributed by atoms with Crippen molar-refractivity contribution in [2.24, 2.45) is 0 Å². The Morgan fingerprint density at radius 1 is 1.45 bits per heavy atom. The number of aliphatic carboxylic acids is 1. The summed E-state index contributed by atoms with van der Waals surface area (Å²) in [4.78, 5) is 49.8. The summed E-state index contributed by atoms with van der Waals surface area (Å²) in [5, 5.41) is 13.4. The largest absolute Gasteiger partial charge is 0.548 e. The number of hydrogen-bond donors (Lipinski definition) is 1. The number of anilines is 1. The molecule has 106 valence electrons. The number of aromatic nitrogens is 1. The number of rotatable bonds is 5. The van der Waals surface area contributed by atoms with Crippen molar-refractivity contribution >= 4 is 51.3 Å². The van der Waals surface area contributed by atoms with Crippen LogP contribution in [0.3, 0.4) is 0 Å². The van der Waals surface area contributed by atoms with E-state index < -0.39 is 34.8 Å². The Morgan fingerprint density at radius 2 is 2.20 bits per heavy atom. The van der Waals surface area contributed by atoms with Crippen molar-refractivity contribution in [3.05, 3.63) is 11.6 Å². The first-order valence-corrected chi connectivity index (χ1v) is 7.14. The smallest absolute Gasteiger partial charge is 0.289 e. The van der Waals surface area contributed by atoms with Crippen LogP contribution in [0.4, 0.5) is 9.93 Å². The van der Waals surface area contributed by atoms with Gasteiger partial charge in [0.15, 0.2) is 5.13 Å². The van der Waals surface area contributed by atoms with Crippen LogP contribution in [0.25, 0.3) is 0 Å². The molecule has 1 aliphatic rings. The summed E-state index contributed by atoms with van der Waals surface area (Å²) < 4.78 is 0. The van der Waals surface area contributed by atoms with E-state index in [1.54, 1.807) is 5.38 Å². The second-order valence-electron chi connectivity index (χ2n) is 3.76. The number of carbonyl (C=O) groups excluding carboxylic acids is 4. The van der Waals surface area contributed by atoms with Crippen LogP contribution in [0.2, 0.25) is 0 Å². The molecule has 1 aromatic heterocycles. The van der Waals surface area contributed by atoms with Crippen LogP contribution in [-0.4, -0.2) is 44.7 Å². The third-order valence-electron chi connectivity index (χ3n) is 2.34. The molecule has 0 aromatic carbocycles. The van der Waals surface area contributed by atoms with Crippen LogP contribution in [-0.2, 0) is 14.4 Å². The average Bonchev–Trinajstić information content (AvgIpc) is 2.93. The van der Waals surface area contributed by atoms with Gasteiger partial charge in [0, 0.05) is 18.0 Å². The zero-order valence-electron chi connectivity index (χ0n) is 9.90. The Hall–Kier alpha value is -1.94. The standard InChI is InChI=1S/C10H9N3O5S2/c14-6(12-9-11-1-2-19-9)3-5-8(17)13(4-7(15)16)10(18)20-5/h1-2,5H,3-4H2,(H,15,16)(H,11,12,14)/p-1/t5-/m1/s1. The van der Waals surface area contributed by atoms with Gasteiger partial charge in [0.2, 0.25) is 11.8 Å². The molecule has 0 radical (unpaired) electrons. The van der Waals surface area contributed by atoms with Crippen molar-refractivity contribution in [2.45, 2.75) is 11.7 Å². The number of nitrogens with zero attached hydrogens (tertiary/aromatic N) is 2. The third kappa shape index (κ3) is 3.33. The highest BCUT2D eigenvalue weighted by Gasteiger charge is 2.40. The maximum atomic E-state index is 11.8. The summed E-state index contributed by atoms with van der Waals surface area (Å²) in [6, 6.07) is 0. The molecule has 10 heteroatoms. The van der Waals surface area contributed by atoms with Gasteiger partial charge in [-0.2, -0.15) is 0 Å². The van der Waals surface area contributed by atoms with Gasteiger partial charge in [-0.3, -0.25) is 19.3 Å². The average molecular weight is 314 g/mol. The summed E-state index contributed by atoms with van der Waals surface area (Å²) in [7, 11) is 0. The molecule has 1 saturated heterocycles. The van der Waals surface area contributed by atoms with Gasteiger partial charge in [-0.25, -0.2) is 4.98 Å². The molecule has 20 heavy (non-hydrogen) atoms. The van der Waals surface area contributed by atoms with Crippen LogP contribution in [0.5, 0.6) is 0 Å². The van der Waals surface area contributed by atoms with Crippen molar-refractivity contribution in [3.8, 4) is 0 Å². The molecular formula is C10H8N3O5S2-. The Kier molecular flexibility index (Phi) is 4.35. The lowest BCUT2D eigenvalue weighted by Crippen LogP contribution is -2.42. The lowest BCUT2D eigenvalue weighted by molar-refractivity contribution is -0.305. The second kappa shape index (κ2) is 6.01. The molecule has 0 saturated carbocycles. The van der Waals surface area contributed by atoms with E-state index in [1.165, 1.54) is 17.5 Å².